The lowest BCUT2D eigenvalue weighted by Crippen LogP contribution is -2.17. The maximum Gasteiger partial charge on any atom is 0.311 e. The van der Waals surface area contributed by atoms with Gasteiger partial charge in [-0.25, -0.2) is 0 Å². The van der Waals surface area contributed by atoms with E-state index in [-0.39, 0.29) is 24.0 Å². The van der Waals surface area contributed by atoms with E-state index in [4.69, 9.17) is 9.52 Å². The van der Waals surface area contributed by atoms with Crippen molar-refractivity contribution < 1.29 is 19.1 Å². The third-order valence-corrected chi connectivity index (χ3v) is 3.76. The Hall–Kier alpha value is -2.56. The predicted molar refractivity (Wildman–Crippen MR) is 88.0 cm³/mol. The molecule has 0 unspecified atom stereocenters. The first-order chi connectivity index (χ1) is 10.8. The highest BCUT2D eigenvalue weighted by molar-refractivity contribution is 6.07. The highest BCUT2D eigenvalue weighted by Crippen LogP contribution is 2.28. The van der Waals surface area contributed by atoms with E-state index in [1.54, 1.807) is 6.92 Å². The summed E-state index contributed by atoms with van der Waals surface area (Å²) in [5, 5.41) is 11.9. The zero-order chi connectivity index (χ0) is 17.1. The molecule has 0 aliphatic rings. The van der Waals surface area contributed by atoms with Crippen molar-refractivity contribution in [2.24, 2.45) is 0 Å². The second-order valence-corrected chi connectivity index (χ2v) is 5.94. The molecular formula is C18H21NO4. The van der Waals surface area contributed by atoms with E-state index < -0.39 is 5.97 Å². The topological polar surface area (TPSA) is 79.5 Å². The predicted octanol–water partition coefficient (Wildman–Crippen LogP) is 3.90. The molecule has 5 nitrogen and oxygen atoms in total. The Kier molecular flexibility index (Phi) is 4.89. The van der Waals surface area contributed by atoms with Crippen molar-refractivity contribution in [2.45, 2.75) is 40.0 Å². The van der Waals surface area contributed by atoms with E-state index in [0.29, 0.717) is 11.1 Å². The molecule has 122 valence electrons. The lowest BCUT2D eigenvalue weighted by Gasteiger charge is -2.16. The number of carboxylic acids is 1. The molecule has 0 saturated carbocycles. The van der Waals surface area contributed by atoms with Gasteiger partial charge >= 0.3 is 5.97 Å². The van der Waals surface area contributed by atoms with Crippen molar-refractivity contribution in [3.63, 3.8) is 0 Å². The molecule has 2 rings (SSSR count). The first-order valence-electron chi connectivity index (χ1n) is 7.50. The summed E-state index contributed by atoms with van der Waals surface area (Å²) >= 11 is 0. The molecule has 5 heteroatoms. The largest absolute Gasteiger partial charge is 0.481 e. The number of aryl methyl sites for hydroxylation is 2. The van der Waals surface area contributed by atoms with Crippen LogP contribution >= 0.6 is 0 Å². The van der Waals surface area contributed by atoms with Gasteiger partial charge in [0.1, 0.15) is 12.2 Å². The fraction of sp³-hybridized carbons (Fsp3) is 0.333. The summed E-state index contributed by atoms with van der Waals surface area (Å²) in [6.07, 6.45) is 1.09. The normalized spacial score (nSPS) is 10.8. The van der Waals surface area contributed by atoms with Crippen LogP contribution in [0.4, 0.5) is 5.69 Å². The van der Waals surface area contributed by atoms with Crippen molar-refractivity contribution in [2.75, 3.05) is 5.32 Å². The van der Waals surface area contributed by atoms with Crippen LogP contribution in [0.25, 0.3) is 0 Å². The number of hydrogen-bond donors (Lipinski definition) is 2. The number of amides is 1. The van der Waals surface area contributed by atoms with Crippen molar-refractivity contribution in [3.8, 4) is 0 Å². The van der Waals surface area contributed by atoms with Gasteiger partial charge in [-0.15, -0.1) is 0 Å². The van der Waals surface area contributed by atoms with Crippen molar-refractivity contribution in [1.82, 2.24) is 0 Å². The molecule has 2 aromatic rings. The molecule has 1 aromatic heterocycles. The second-order valence-electron chi connectivity index (χ2n) is 5.94. The number of para-hydroxylation sites is 1. The van der Waals surface area contributed by atoms with Gasteiger partial charge in [-0.2, -0.15) is 0 Å². The number of rotatable bonds is 5. The molecule has 0 aliphatic heterocycles. The van der Waals surface area contributed by atoms with Crippen molar-refractivity contribution in [1.29, 1.82) is 0 Å². The number of aliphatic carboxylic acids is 1. The van der Waals surface area contributed by atoms with Crippen LogP contribution in [0.2, 0.25) is 0 Å². The van der Waals surface area contributed by atoms with E-state index >= 15 is 0 Å². The van der Waals surface area contributed by atoms with E-state index in [0.717, 1.165) is 16.8 Å². The minimum Gasteiger partial charge on any atom is -0.481 e. The summed E-state index contributed by atoms with van der Waals surface area (Å²) in [5.74, 6) is -0.947. The quantitative estimate of drug-likeness (QED) is 0.877. The van der Waals surface area contributed by atoms with Crippen LogP contribution in [0.15, 0.2) is 28.9 Å². The van der Waals surface area contributed by atoms with Gasteiger partial charge < -0.3 is 14.8 Å². The standard InChI is InChI=1S/C18H21NO4/c1-10(2)13-7-5-6-11(3)17(13)19-18(22)16-12(4)9-23-14(16)8-15(20)21/h5-7,9-10H,8H2,1-4H3,(H,19,22)(H,20,21). The van der Waals surface area contributed by atoms with Gasteiger partial charge in [-0.3, -0.25) is 9.59 Å². The molecule has 1 amide bonds. The molecule has 0 spiro atoms. The van der Waals surface area contributed by atoms with Gasteiger partial charge in [-0.05, 0) is 30.9 Å². The Balaban J connectivity index is 2.38. The average Bonchev–Trinajstić information content (AvgIpc) is 2.80. The number of carbonyl (C=O) groups excluding carboxylic acids is 1. The first-order valence-corrected chi connectivity index (χ1v) is 7.50. The van der Waals surface area contributed by atoms with Gasteiger partial charge in [0.05, 0.1) is 11.8 Å². The Morgan fingerprint density at radius 2 is 1.91 bits per heavy atom. The number of carboxylic acid groups (broad SMARTS) is 1. The van der Waals surface area contributed by atoms with Gasteiger partial charge in [0.15, 0.2) is 0 Å². The first kappa shape index (κ1) is 16.8. The summed E-state index contributed by atoms with van der Waals surface area (Å²) in [4.78, 5) is 23.6. The molecule has 0 bridgehead atoms. The van der Waals surface area contributed by atoms with Gasteiger partial charge in [0.2, 0.25) is 0 Å². The van der Waals surface area contributed by atoms with Crippen LogP contribution in [0.5, 0.6) is 0 Å². The van der Waals surface area contributed by atoms with E-state index in [2.05, 4.69) is 19.2 Å². The lowest BCUT2D eigenvalue weighted by atomic mass is 9.97. The van der Waals surface area contributed by atoms with Crippen LogP contribution in [-0.4, -0.2) is 17.0 Å². The average molecular weight is 315 g/mol. The summed E-state index contributed by atoms with van der Waals surface area (Å²) in [6, 6.07) is 5.87. The SMILES string of the molecule is Cc1cccc(C(C)C)c1NC(=O)c1c(C)coc1CC(=O)O. The van der Waals surface area contributed by atoms with Crippen LogP contribution in [-0.2, 0) is 11.2 Å². The fourth-order valence-corrected chi connectivity index (χ4v) is 2.59. The lowest BCUT2D eigenvalue weighted by molar-refractivity contribution is -0.136. The summed E-state index contributed by atoms with van der Waals surface area (Å²) in [7, 11) is 0. The van der Waals surface area contributed by atoms with E-state index in [1.165, 1.54) is 6.26 Å². The number of carbonyl (C=O) groups is 2. The highest BCUT2D eigenvalue weighted by Gasteiger charge is 2.22. The van der Waals surface area contributed by atoms with Gasteiger partial charge in [0.25, 0.3) is 5.91 Å². The molecule has 1 heterocycles. The van der Waals surface area contributed by atoms with Gasteiger partial charge in [0, 0.05) is 11.3 Å². The number of hydrogen-bond acceptors (Lipinski definition) is 3. The van der Waals surface area contributed by atoms with Crippen molar-refractivity contribution in [3.05, 3.63) is 52.5 Å². The second kappa shape index (κ2) is 6.69. The third-order valence-electron chi connectivity index (χ3n) is 3.76. The number of benzene rings is 1. The summed E-state index contributed by atoms with van der Waals surface area (Å²) in [5.41, 5.74) is 3.70. The number of nitrogens with one attached hydrogen (secondary N) is 1. The molecule has 23 heavy (non-hydrogen) atoms. The van der Waals surface area contributed by atoms with Crippen LogP contribution in [0, 0.1) is 13.8 Å². The third kappa shape index (κ3) is 3.62. The fourth-order valence-electron chi connectivity index (χ4n) is 2.59. The van der Waals surface area contributed by atoms with Crippen LogP contribution in [0.3, 0.4) is 0 Å². The smallest absolute Gasteiger partial charge is 0.311 e. The summed E-state index contributed by atoms with van der Waals surface area (Å²) < 4.78 is 5.23. The molecule has 1 aromatic carbocycles. The maximum absolute atomic E-state index is 12.7. The zero-order valence-corrected chi connectivity index (χ0v) is 13.8. The summed E-state index contributed by atoms with van der Waals surface area (Å²) in [6.45, 7) is 7.78. The molecular weight excluding hydrogens is 294 g/mol. The van der Waals surface area contributed by atoms with Crippen LogP contribution in [0.1, 0.15) is 52.6 Å². The highest BCUT2D eigenvalue weighted by atomic mass is 16.4. The molecule has 2 N–H and O–H groups in total. The Morgan fingerprint density at radius 3 is 2.52 bits per heavy atom. The number of furan rings is 1. The minimum atomic E-state index is -1.04. The molecule has 0 atom stereocenters. The molecule has 0 saturated heterocycles. The van der Waals surface area contributed by atoms with Crippen molar-refractivity contribution >= 4 is 17.6 Å². The Bertz CT molecular complexity index is 743. The van der Waals surface area contributed by atoms with E-state index in [9.17, 15) is 9.59 Å². The van der Waals surface area contributed by atoms with Gasteiger partial charge in [-0.1, -0.05) is 32.0 Å². The Labute approximate surface area is 135 Å². The monoisotopic (exact) mass is 315 g/mol. The molecule has 0 radical (unpaired) electrons. The van der Waals surface area contributed by atoms with Crippen LogP contribution < -0.4 is 5.32 Å². The minimum absolute atomic E-state index is 0.173. The zero-order valence-electron chi connectivity index (χ0n) is 13.8. The van der Waals surface area contributed by atoms with E-state index in [1.807, 2.05) is 25.1 Å². The number of anilines is 1. The maximum atomic E-state index is 12.7. The Morgan fingerprint density at radius 1 is 1.22 bits per heavy atom. The molecule has 0 aliphatic carbocycles. The molecule has 0 fully saturated rings.